The molecule has 0 unspecified atom stereocenters. The molecule has 17 heavy (non-hydrogen) atoms. The summed E-state index contributed by atoms with van der Waals surface area (Å²) in [6.45, 7) is 0.427. The molecule has 2 aromatic carbocycles. The van der Waals surface area contributed by atoms with Crippen LogP contribution >= 0.6 is 0 Å². The van der Waals surface area contributed by atoms with Crippen LogP contribution in [0.15, 0.2) is 46.9 Å². The minimum atomic E-state index is 0. The van der Waals surface area contributed by atoms with Crippen molar-refractivity contribution in [3.05, 3.63) is 42.5 Å². The molecule has 82 valence electrons. The summed E-state index contributed by atoms with van der Waals surface area (Å²) in [6, 6.07) is 13.1. The van der Waals surface area contributed by atoms with Gasteiger partial charge in [-0.25, -0.2) is 0 Å². The van der Waals surface area contributed by atoms with E-state index in [9.17, 15) is 4.79 Å². The minimum absolute atomic E-state index is 0. The van der Waals surface area contributed by atoms with Crippen molar-refractivity contribution in [1.82, 2.24) is 0 Å². The molecule has 0 saturated carbocycles. The molecule has 4 heteroatoms. The van der Waals surface area contributed by atoms with E-state index in [1.54, 1.807) is 12.1 Å². The maximum Gasteiger partial charge on any atom is 2.00 e. The number of carbonyl (C=O) groups is 1. The van der Waals surface area contributed by atoms with E-state index in [1.807, 2.05) is 30.3 Å². The third kappa shape index (κ3) is 2.17. The maximum absolute atomic E-state index is 10.4. The zero-order valence-electron chi connectivity index (χ0n) is 11.1. The van der Waals surface area contributed by atoms with Crippen molar-refractivity contribution < 1.29 is 16.8 Å². The molecule has 0 aliphatic rings. The molecule has 0 amide bonds. The predicted molar refractivity (Wildman–Crippen MR) is 68.4 cm³/mol. The van der Waals surface area contributed by atoms with Crippen molar-refractivity contribution in [1.29, 1.82) is 0 Å². The molecule has 3 aromatic rings. The van der Waals surface area contributed by atoms with E-state index in [-0.39, 0.29) is 51.7 Å². The Morgan fingerprint density at radius 3 is 2.65 bits per heavy atom. The largest absolute Gasteiger partial charge is 2.00 e. The average Bonchev–Trinajstić information content (AvgIpc) is 2.68. The van der Waals surface area contributed by atoms with Gasteiger partial charge in [0.15, 0.2) is 0 Å². The summed E-state index contributed by atoms with van der Waals surface area (Å²) in [6.07, 6.45) is 0. The standard InChI is InChI=1S/C13H8O3.Ba.2H/c14-8-15-11-6-3-7-12-13(11)9-4-1-2-5-10(9)16-12;;;/h1-8H;;;/q;+2;2*-1. The number of fused-ring (bicyclic) bond motifs is 3. The van der Waals surface area contributed by atoms with Gasteiger partial charge in [0.25, 0.3) is 6.47 Å². The molecule has 0 saturated heterocycles. The van der Waals surface area contributed by atoms with E-state index in [1.165, 1.54) is 0 Å². The summed E-state index contributed by atoms with van der Waals surface area (Å²) >= 11 is 0. The summed E-state index contributed by atoms with van der Waals surface area (Å²) in [5.74, 6) is 0.525. The molecule has 0 aliphatic heterocycles. The Morgan fingerprint density at radius 2 is 1.82 bits per heavy atom. The fraction of sp³-hybridized carbons (Fsp3) is 0. The van der Waals surface area contributed by atoms with Gasteiger partial charge in [-0.15, -0.1) is 0 Å². The molecule has 0 fully saturated rings. The number of benzene rings is 2. The summed E-state index contributed by atoms with van der Waals surface area (Å²) in [5.41, 5.74) is 1.51. The summed E-state index contributed by atoms with van der Waals surface area (Å²) in [7, 11) is 0. The first-order valence-electron chi connectivity index (χ1n) is 4.91. The Bertz CT molecular complexity index is 682. The van der Waals surface area contributed by atoms with Crippen LogP contribution in [0, 0.1) is 0 Å². The smallest absolute Gasteiger partial charge is 1.00 e. The van der Waals surface area contributed by atoms with E-state index in [4.69, 9.17) is 9.15 Å². The van der Waals surface area contributed by atoms with Crippen LogP contribution in [0.5, 0.6) is 5.75 Å². The second kappa shape index (κ2) is 5.29. The topological polar surface area (TPSA) is 39.4 Å². The normalized spacial score (nSPS) is 10.1. The number of ether oxygens (including phenoxy) is 1. The number of carbonyl (C=O) groups excluding carboxylic acids is 1. The van der Waals surface area contributed by atoms with Gasteiger partial charge in [0.05, 0.1) is 5.39 Å². The van der Waals surface area contributed by atoms with E-state index < -0.39 is 0 Å². The first-order valence-corrected chi connectivity index (χ1v) is 4.91. The molecule has 1 heterocycles. The fourth-order valence-electron chi connectivity index (χ4n) is 1.89. The molecule has 3 nitrogen and oxygen atoms in total. The second-order valence-corrected chi connectivity index (χ2v) is 3.44. The molecule has 0 bridgehead atoms. The van der Waals surface area contributed by atoms with Crippen LogP contribution in [0.25, 0.3) is 21.9 Å². The van der Waals surface area contributed by atoms with Gasteiger partial charge in [-0.1, -0.05) is 24.3 Å². The van der Waals surface area contributed by atoms with Gasteiger partial charge >= 0.3 is 48.9 Å². The molecule has 1 aromatic heterocycles. The molecular weight excluding hydrogens is 341 g/mol. The Morgan fingerprint density at radius 1 is 1.06 bits per heavy atom. The summed E-state index contributed by atoms with van der Waals surface area (Å²) < 4.78 is 10.6. The molecule has 0 atom stereocenters. The quantitative estimate of drug-likeness (QED) is 0.526. The second-order valence-electron chi connectivity index (χ2n) is 3.44. The average molecular weight is 352 g/mol. The van der Waals surface area contributed by atoms with E-state index in [0.717, 1.165) is 21.9 Å². The molecule has 0 spiro atoms. The Balaban J connectivity index is 0.00000108. The molecule has 0 aliphatic carbocycles. The predicted octanol–water partition coefficient (Wildman–Crippen LogP) is 2.97. The number of para-hydroxylation sites is 1. The van der Waals surface area contributed by atoms with Crippen molar-refractivity contribution in [2.75, 3.05) is 0 Å². The SMILES string of the molecule is O=COc1cccc2oc3ccccc3c12.[Ba+2].[H-].[H-]. The summed E-state index contributed by atoms with van der Waals surface area (Å²) in [5, 5.41) is 1.79. The Kier molecular flexibility index (Phi) is 3.96. The van der Waals surface area contributed by atoms with Gasteiger partial charge < -0.3 is 12.0 Å². The third-order valence-corrected chi connectivity index (χ3v) is 2.54. The van der Waals surface area contributed by atoms with Crippen LogP contribution in [0.3, 0.4) is 0 Å². The van der Waals surface area contributed by atoms with Crippen LogP contribution < -0.4 is 4.74 Å². The molecular formula is C13H10BaO3. The number of rotatable bonds is 2. The molecule has 0 radical (unpaired) electrons. The van der Waals surface area contributed by atoms with Gasteiger partial charge in [-0.3, -0.25) is 4.79 Å². The van der Waals surface area contributed by atoms with Crippen molar-refractivity contribution in [3.63, 3.8) is 0 Å². The maximum atomic E-state index is 10.4. The van der Waals surface area contributed by atoms with Gasteiger partial charge in [0.1, 0.15) is 16.9 Å². The Hall–Kier alpha value is -0.719. The van der Waals surface area contributed by atoms with Gasteiger partial charge in [0.2, 0.25) is 0 Å². The summed E-state index contributed by atoms with van der Waals surface area (Å²) in [4.78, 5) is 10.4. The first kappa shape index (κ1) is 12.7. The number of hydrogen-bond acceptors (Lipinski definition) is 3. The van der Waals surface area contributed by atoms with E-state index in [0.29, 0.717) is 12.2 Å². The van der Waals surface area contributed by atoms with Crippen molar-refractivity contribution in [2.24, 2.45) is 0 Å². The first-order chi connectivity index (χ1) is 7.90. The van der Waals surface area contributed by atoms with Crippen LogP contribution in [0.4, 0.5) is 0 Å². The van der Waals surface area contributed by atoms with E-state index >= 15 is 0 Å². The zero-order chi connectivity index (χ0) is 11.0. The third-order valence-electron chi connectivity index (χ3n) is 2.54. The Labute approximate surface area is 141 Å². The van der Waals surface area contributed by atoms with Crippen LogP contribution in [0.1, 0.15) is 2.85 Å². The molecule has 0 N–H and O–H groups in total. The van der Waals surface area contributed by atoms with Crippen LogP contribution in [0.2, 0.25) is 0 Å². The van der Waals surface area contributed by atoms with Crippen molar-refractivity contribution >= 4 is 77.3 Å². The van der Waals surface area contributed by atoms with Gasteiger partial charge in [-0.05, 0) is 18.2 Å². The monoisotopic (exact) mass is 352 g/mol. The number of furan rings is 1. The van der Waals surface area contributed by atoms with Crippen LogP contribution in [-0.2, 0) is 4.79 Å². The van der Waals surface area contributed by atoms with Crippen molar-refractivity contribution in [2.45, 2.75) is 0 Å². The fourth-order valence-corrected chi connectivity index (χ4v) is 1.89. The van der Waals surface area contributed by atoms with Crippen molar-refractivity contribution in [3.8, 4) is 5.75 Å². The van der Waals surface area contributed by atoms with Gasteiger partial charge in [-0.2, -0.15) is 0 Å². The number of hydrogen-bond donors (Lipinski definition) is 0. The van der Waals surface area contributed by atoms with Crippen LogP contribution in [-0.4, -0.2) is 55.4 Å². The molecule has 3 rings (SSSR count). The minimum Gasteiger partial charge on any atom is -1.00 e. The van der Waals surface area contributed by atoms with E-state index in [2.05, 4.69) is 0 Å². The van der Waals surface area contributed by atoms with Gasteiger partial charge in [0, 0.05) is 5.39 Å². The zero-order valence-corrected chi connectivity index (χ0v) is 13.5.